The summed E-state index contributed by atoms with van der Waals surface area (Å²) in [6.07, 6.45) is 8.16. The van der Waals surface area contributed by atoms with Crippen molar-refractivity contribution in [3.8, 4) is 11.3 Å². The van der Waals surface area contributed by atoms with E-state index in [1.54, 1.807) is 4.68 Å². The molecule has 0 saturated heterocycles. The van der Waals surface area contributed by atoms with E-state index in [-0.39, 0.29) is 12.5 Å². The molecule has 0 spiro atoms. The van der Waals surface area contributed by atoms with E-state index < -0.39 is 0 Å². The van der Waals surface area contributed by atoms with Crippen LogP contribution in [0, 0.1) is 0 Å². The van der Waals surface area contributed by atoms with Gasteiger partial charge in [-0.25, -0.2) is 0 Å². The largest absolute Gasteiger partial charge is 0.354 e. The molecule has 0 aliphatic heterocycles. The summed E-state index contributed by atoms with van der Waals surface area (Å²) in [5.41, 5.74) is 4.24. The zero-order valence-corrected chi connectivity index (χ0v) is 16.6. The Labute approximate surface area is 170 Å². The van der Waals surface area contributed by atoms with Crippen molar-refractivity contribution in [2.75, 3.05) is 6.54 Å². The minimum atomic E-state index is -0.0182. The van der Waals surface area contributed by atoms with E-state index in [1.807, 2.05) is 48.5 Å². The number of aromatic nitrogens is 2. The molecule has 0 unspecified atom stereocenters. The zero-order chi connectivity index (χ0) is 19.3. The molecule has 4 rings (SSSR count). The Kier molecular flexibility index (Phi) is 5.77. The number of carbonyl (C=O) groups excluding carboxylic acids is 1. The Hall–Kier alpha value is -2.59. The first-order valence-electron chi connectivity index (χ1n) is 9.87. The average molecular weight is 394 g/mol. The Morgan fingerprint density at radius 3 is 2.79 bits per heavy atom. The van der Waals surface area contributed by atoms with E-state index in [4.69, 9.17) is 16.7 Å². The monoisotopic (exact) mass is 393 g/mol. The molecule has 1 amide bonds. The lowest BCUT2D eigenvalue weighted by Crippen LogP contribution is -2.29. The summed E-state index contributed by atoms with van der Waals surface area (Å²) < 4.78 is 1.77. The fourth-order valence-electron chi connectivity index (χ4n) is 3.77. The number of halogens is 1. The second-order valence-corrected chi connectivity index (χ2v) is 7.68. The van der Waals surface area contributed by atoms with Crippen LogP contribution in [0.5, 0.6) is 0 Å². The predicted molar refractivity (Wildman–Crippen MR) is 114 cm³/mol. The van der Waals surface area contributed by atoms with Gasteiger partial charge in [0.15, 0.2) is 0 Å². The molecule has 28 heavy (non-hydrogen) atoms. The van der Waals surface area contributed by atoms with Crippen LogP contribution in [0.15, 0.2) is 60.2 Å². The van der Waals surface area contributed by atoms with Crippen molar-refractivity contribution in [2.45, 2.75) is 38.6 Å². The van der Waals surface area contributed by atoms with Gasteiger partial charge >= 0.3 is 0 Å². The number of hydrogen-bond donors (Lipinski definition) is 1. The van der Waals surface area contributed by atoms with Gasteiger partial charge in [-0.05, 0) is 50.3 Å². The van der Waals surface area contributed by atoms with Crippen molar-refractivity contribution in [1.29, 1.82) is 0 Å². The Balaban J connectivity index is 1.50. The summed E-state index contributed by atoms with van der Waals surface area (Å²) in [4.78, 5) is 12.5. The number of hydrogen-bond acceptors (Lipinski definition) is 2. The molecule has 0 bridgehead atoms. The normalized spacial score (nSPS) is 14.1. The van der Waals surface area contributed by atoms with Crippen molar-refractivity contribution in [1.82, 2.24) is 15.1 Å². The van der Waals surface area contributed by atoms with Crippen LogP contribution in [0.3, 0.4) is 0 Å². The fourth-order valence-corrected chi connectivity index (χ4v) is 3.94. The van der Waals surface area contributed by atoms with Crippen molar-refractivity contribution in [3.63, 3.8) is 0 Å². The summed E-state index contributed by atoms with van der Waals surface area (Å²) in [5.74, 6) is -0.0182. The summed E-state index contributed by atoms with van der Waals surface area (Å²) in [7, 11) is 0. The van der Waals surface area contributed by atoms with Crippen LogP contribution in [0.2, 0.25) is 5.02 Å². The molecular formula is C23H24ClN3O. The van der Waals surface area contributed by atoms with E-state index in [2.05, 4.69) is 11.4 Å². The van der Waals surface area contributed by atoms with Crippen LogP contribution < -0.4 is 5.32 Å². The molecule has 5 heteroatoms. The SMILES string of the molecule is O=C(Cn1nc(-c2ccccc2)c2cc(Cl)ccc21)NCCC1=CCCCC1. The highest BCUT2D eigenvalue weighted by Crippen LogP contribution is 2.30. The zero-order valence-electron chi connectivity index (χ0n) is 15.8. The van der Waals surface area contributed by atoms with Crippen molar-refractivity contribution < 1.29 is 4.79 Å². The number of benzene rings is 2. The summed E-state index contributed by atoms with van der Waals surface area (Å²) in [6.45, 7) is 0.880. The number of nitrogens with one attached hydrogen (secondary N) is 1. The van der Waals surface area contributed by atoms with E-state index >= 15 is 0 Å². The van der Waals surface area contributed by atoms with Gasteiger partial charge in [0.05, 0.1) is 5.52 Å². The highest BCUT2D eigenvalue weighted by atomic mass is 35.5. The molecule has 1 aromatic heterocycles. The van der Waals surface area contributed by atoms with Gasteiger partial charge in [-0.1, -0.05) is 53.6 Å². The number of nitrogens with zero attached hydrogens (tertiary/aromatic N) is 2. The molecule has 0 atom stereocenters. The van der Waals surface area contributed by atoms with Crippen molar-refractivity contribution in [3.05, 3.63) is 65.2 Å². The summed E-state index contributed by atoms with van der Waals surface area (Å²) in [6, 6.07) is 15.7. The molecule has 144 valence electrons. The smallest absolute Gasteiger partial charge is 0.241 e. The van der Waals surface area contributed by atoms with Gasteiger partial charge in [-0.2, -0.15) is 5.10 Å². The van der Waals surface area contributed by atoms with Gasteiger partial charge in [-0.3, -0.25) is 9.48 Å². The van der Waals surface area contributed by atoms with Crippen molar-refractivity contribution in [2.24, 2.45) is 0 Å². The first-order chi connectivity index (χ1) is 13.7. The van der Waals surface area contributed by atoms with Gasteiger partial charge in [0.2, 0.25) is 5.91 Å². The molecule has 1 N–H and O–H groups in total. The molecule has 2 aromatic carbocycles. The van der Waals surface area contributed by atoms with Crippen LogP contribution in [-0.2, 0) is 11.3 Å². The molecule has 4 nitrogen and oxygen atoms in total. The van der Waals surface area contributed by atoms with Crippen molar-refractivity contribution >= 4 is 28.4 Å². The van der Waals surface area contributed by atoms with Crippen LogP contribution >= 0.6 is 11.6 Å². The molecule has 0 radical (unpaired) electrons. The van der Waals surface area contributed by atoms with Gasteiger partial charge in [0, 0.05) is 22.5 Å². The topological polar surface area (TPSA) is 46.9 Å². The third-order valence-corrected chi connectivity index (χ3v) is 5.44. The highest BCUT2D eigenvalue weighted by Gasteiger charge is 2.15. The predicted octanol–water partition coefficient (Wildman–Crippen LogP) is 5.36. The maximum Gasteiger partial charge on any atom is 0.241 e. The quantitative estimate of drug-likeness (QED) is 0.573. The standard InChI is InChI=1S/C23H24ClN3O/c24-19-11-12-21-20(15-19)23(18-9-5-2-6-10-18)26-27(21)16-22(28)25-14-13-17-7-3-1-4-8-17/h2,5-7,9-12,15H,1,3-4,8,13-14,16H2,(H,25,28). The van der Waals surface area contributed by atoms with E-state index in [0.717, 1.165) is 28.6 Å². The third-order valence-electron chi connectivity index (χ3n) is 5.21. The minimum Gasteiger partial charge on any atom is -0.354 e. The number of fused-ring (bicyclic) bond motifs is 1. The highest BCUT2D eigenvalue weighted by molar-refractivity contribution is 6.31. The molecule has 1 aliphatic rings. The van der Waals surface area contributed by atoms with Gasteiger partial charge in [0.25, 0.3) is 0 Å². The number of allylic oxidation sites excluding steroid dienone is 1. The minimum absolute atomic E-state index is 0.0182. The number of rotatable bonds is 6. The van der Waals surface area contributed by atoms with Crippen LogP contribution in [-0.4, -0.2) is 22.2 Å². The molecule has 0 fully saturated rings. The Morgan fingerprint density at radius 1 is 1.14 bits per heavy atom. The first kappa shape index (κ1) is 18.8. The fraction of sp³-hybridized carbons (Fsp3) is 0.304. The second-order valence-electron chi connectivity index (χ2n) is 7.24. The maximum absolute atomic E-state index is 12.5. The van der Waals surface area contributed by atoms with Gasteiger partial charge in [-0.15, -0.1) is 0 Å². The lowest BCUT2D eigenvalue weighted by molar-refractivity contribution is -0.121. The average Bonchev–Trinajstić information content (AvgIpc) is 3.07. The third kappa shape index (κ3) is 4.28. The first-order valence-corrected chi connectivity index (χ1v) is 10.2. The van der Waals surface area contributed by atoms with Gasteiger partial charge < -0.3 is 5.32 Å². The second kappa shape index (κ2) is 8.61. The Bertz CT molecular complexity index is 1010. The number of carbonyl (C=O) groups is 1. The van der Waals surface area contributed by atoms with Crippen LogP contribution in [0.4, 0.5) is 0 Å². The molecule has 3 aromatic rings. The molecule has 0 saturated carbocycles. The van der Waals surface area contributed by atoms with Crippen LogP contribution in [0.25, 0.3) is 22.2 Å². The van der Waals surface area contributed by atoms with Crippen LogP contribution in [0.1, 0.15) is 32.1 Å². The van der Waals surface area contributed by atoms with Gasteiger partial charge in [0.1, 0.15) is 12.2 Å². The van der Waals surface area contributed by atoms with E-state index in [1.165, 1.54) is 31.3 Å². The van der Waals surface area contributed by atoms with E-state index in [9.17, 15) is 4.79 Å². The van der Waals surface area contributed by atoms with E-state index in [0.29, 0.717) is 11.6 Å². The molecule has 1 heterocycles. The maximum atomic E-state index is 12.5. The number of amides is 1. The molecule has 1 aliphatic carbocycles. The lowest BCUT2D eigenvalue weighted by Gasteiger charge is -2.13. The molecular weight excluding hydrogens is 370 g/mol. The summed E-state index contributed by atoms with van der Waals surface area (Å²) >= 11 is 6.21. The Morgan fingerprint density at radius 2 is 2.00 bits per heavy atom. The lowest BCUT2D eigenvalue weighted by atomic mass is 9.97. The summed E-state index contributed by atoms with van der Waals surface area (Å²) in [5, 5.41) is 9.38.